The number of hydrogen-bond donors (Lipinski definition) is 3. The van der Waals surface area contributed by atoms with Crippen molar-refractivity contribution >= 4 is 11.6 Å². The van der Waals surface area contributed by atoms with Crippen LogP contribution >= 0.6 is 0 Å². The molecule has 0 radical (unpaired) electrons. The van der Waals surface area contributed by atoms with Crippen LogP contribution in [-0.2, 0) is 20.0 Å². The van der Waals surface area contributed by atoms with Crippen molar-refractivity contribution in [1.82, 2.24) is 5.48 Å². The first-order valence-corrected chi connectivity index (χ1v) is 9.93. The van der Waals surface area contributed by atoms with Gasteiger partial charge in [0, 0.05) is 19.4 Å². The molecule has 3 N–H and O–H groups in total. The topological polar surface area (TPSA) is 100 Å². The number of nitrogens with one attached hydrogen (secondary N) is 1. The number of methoxy groups -OCH3 is 1. The van der Waals surface area contributed by atoms with E-state index in [1.807, 2.05) is 48.5 Å². The second kappa shape index (κ2) is 9.38. The fraction of sp³-hybridized carbons (Fsp3) is 0.391. The highest BCUT2D eigenvalue weighted by atomic mass is 16.6. The average molecular weight is 412 g/mol. The van der Waals surface area contributed by atoms with Gasteiger partial charge in [-0.25, -0.2) is 5.48 Å². The van der Waals surface area contributed by atoms with Crippen LogP contribution < -0.4 is 5.48 Å². The fourth-order valence-electron chi connectivity index (χ4n) is 3.58. The summed E-state index contributed by atoms with van der Waals surface area (Å²) in [6.07, 6.45) is 0.918. The van der Waals surface area contributed by atoms with E-state index in [1.54, 1.807) is 26.4 Å². The van der Waals surface area contributed by atoms with Crippen LogP contribution in [0.3, 0.4) is 0 Å². The molecule has 2 aromatic rings. The summed E-state index contributed by atoms with van der Waals surface area (Å²) in [7, 11) is 1.57. The first-order valence-electron chi connectivity index (χ1n) is 9.93. The molecular weight excluding hydrogens is 384 g/mol. The molecule has 7 nitrogen and oxygen atoms in total. The molecule has 3 rings (SSSR count). The number of hydrogen-bond acceptors (Lipinski definition) is 6. The molecule has 0 saturated heterocycles. The molecule has 0 fully saturated rings. The monoisotopic (exact) mass is 412 g/mol. The summed E-state index contributed by atoms with van der Waals surface area (Å²) in [5.41, 5.74) is 5.36. The van der Waals surface area contributed by atoms with Crippen molar-refractivity contribution in [2.45, 2.75) is 38.4 Å². The van der Waals surface area contributed by atoms with Crippen LogP contribution in [0.2, 0.25) is 0 Å². The van der Waals surface area contributed by atoms with Crippen molar-refractivity contribution < 1.29 is 24.7 Å². The highest BCUT2D eigenvalue weighted by molar-refractivity contribution is 6.01. The molecule has 0 saturated carbocycles. The summed E-state index contributed by atoms with van der Waals surface area (Å²) < 4.78 is 5.08. The molecule has 3 unspecified atom stereocenters. The normalized spacial score (nSPS) is 18.8. The maximum absolute atomic E-state index is 11.5. The van der Waals surface area contributed by atoms with E-state index < -0.39 is 11.5 Å². The molecule has 1 amide bonds. The summed E-state index contributed by atoms with van der Waals surface area (Å²) in [4.78, 5) is 16.9. The van der Waals surface area contributed by atoms with Gasteiger partial charge in [0.15, 0.2) is 0 Å². The Hall–Kier alpha value is -2.74. The van der Waals surface area contributed by atoms with Gasteiger partial charge in [-0.3, -0.25) is 10.0 Å². The number of carbonyl (C=O) groups is 1. The Kier molecular flexibility index (Phi) is 6.87. The van der Waals surface area contributed by atoms with Crippen molar-refractivity contribution in [3.63, 3.8) is 0 Å². The van der Waals surface area contributed by atoms with Gasteiger partial charge < -0.3 is 14.7 Å². The van der Waals surface area contributed by atoms with Crippen molar-refractivity contribution in [2.75, 3.05) is 13.7 Å². The van der Waals surface area contributed by atoms with E-state index in [-0.39, 0.29) is 18.6 Å². The van der Waals surface area contributed by atoms with Crippen LogP contribution in [0.1, 0.15) is 37.8 Å². The Morgan fingerprint density at radius 2 is 1.77 bits per heavy atom. The molecule has 0 aliphatic carbocycles. The number of oxime groups is 1. The Morgan fingerprint density at radius 1 is 1.20 bits per heavy atom. The van der Waals surface area contributed by atoms with E-state index in [2.05, 4.69) is 5.16 Å². The Morgan fingerprint density at radius 3 is 2.33 bits per heavy atom. The highest BCUT2D eigenvalue weighted by Crippen LogP contribution is 2.27. The van der Waals surface area contributed by atoms with Crippen LogP contribution in [0.4, 0.5) is 0 Å². The van der Waals surface area contributed by atoms with Crippen LogP contribution in [0, 0.1) is 5.92 Å². The number of aliphatic hydroxyl groups is 1. The second-order valence-corrected chi connectivity index (χ2v) is 7.94. The van der Waals surface area contributed by atoms with Crippen molar-refractivity contribution in [3.05, 3.63) is 59.7 Å². The third-order valence-electron chi connectivity index (χ3n) is 5.39. The lowest BCUT2D eigenvalue weighted by Gasteiger charge is -2.23. The number of hydroxylamine groups is 1. The first kappa shape index (κ1) is 22.0. The Labute approximate surface area is 176 Å². The predicted octanol–water partition coefficient (Wildman–Crippen LogP) is 3.23. The van der Waals surface area contributed by atoms with E-state index in [9.17, 15) is 9.90 Å². The Bertz CT molecular complexity index is 891. The summed E-state index contributed by atoms with van der Waals surface area (Å²) in [6.45, 7) is 3.70. The number of carbonyl (C=O) groups excluding carboxylic acids is 1. The minimum atomic E-state index is -1.02. The van der Waals surface area contributed by atoms with Gasteiger partial charge >= 0.3 is 0 Å². The maximum Gasteiger partial charge on any atom is 0.246 e. The molecule has 7 heteroatoms. The van der Waals surface area contributed by atoms with E-state index in [4.69, 9.17) is 14.8 Å². The molecule has 1 aliphatic heterocycles. The van der Waals surface area contributed by atoms with Crippen LogP contribution in [0.25, 0.3) is 11.1 Å². The molecule has 1 heterocycles. The van der Waals surface area contributed by atoms with E-state index in [1.165, 1.54) is 0 Å². The third kappa shape index (κ3) is 5.05. The first-order chi connectivity index (χ1) is 14.3. The zero-order valence-corrected chi connectivity index (χ0v) is 17.5. The van der Waals surface area contributed by atoms with Gasteiger partial charge in [-0.05, 0) is 35.6 Å². The lowest BCUT2D eigenvalue weighted by Crippen LogP contribution is -2.28. The molecule has 1 aliphatic rings. The molecule has 0 spiro atoms. The average Bonchev–Trinajstić information content (AvgIpc) is 3.21. The lowest BCUT2D eigenvalue weighted by atomic mass is 9.93. The number of ether oxygens (including phenoxy) is 1. The van der Waals surface area contributed by atoms with E-state index in [0.717, 1.165) is 28.0 Å². The second-order valence-electron chi connectivity index (χ2n) is 7.94. The van der Waals surface area contributed by atoms with Gasteiger partial charge in [0.05, 0.1) is 12.3 Å². The SMILES string of the molecule is COCC(C)(O)c1ccc(-c2ccc(C3=NOC(CC(C)C(=O)NO)C3)cc2)cc1. The summed E-state index contributed by atoms with van der Waals surface area (Å²) >= 11 is 0. The molecule has 0 bridgehead atoms. The summed E-state index contributed by atoms with van der Waals surface area (Å²) in [6, 6.07) is 15.8. The fourth-order valence-corrected chi connectivity index (χ4v) is 3.58. The quantitative estimate of drug-likeness (QED) is 0.457. The zero-order valence-electron chi connectivity index (χ0n) is 17.5. The van der Waals surface area contributed by atoms with Crippen molar-refractivity contribution in [2.24, 2.45) is 11.1 Å². The summed E-state index contributed by atoms with van der Waals surface area (Å²) in [5, 5.41) is 23.3. The van der Waals surface area contributed by atoms with Crippen LogP contribution in [0.15, 0.2) is 53.7 Å². The predicted molar refractivity (Wildman–Crippen MR) is 113 cm³/mol. The molecule has 0 aromatic heterocycles. The van der Waals surface area contributed by atoms with Gasteiger partial charge in [0.25, 0.3) is 0 Å². The highest BCUT2D eigenvalue weighted by Gasteiger charge is 2.27. The van der Waals surface area contributed by atoms with Crippen molar-refractivity contribution in [3.8, 4) is 11.1 Å². The molecule has 30 heavy (non-hydrogen) atoms. The van der Waals surface area contributed by atoms with Crippen LogP contribution in [0.5, 0.6) is 0 Å². The molecule has 160 valence electrons. The minimum absolute atomic E-state index is 0.181. The van der Waals surface area contributed by atoms with Gasteiger partial charge in [-0.15, -0.1) is 0 Å². The van der Waals surface area contributed by atoms with E-state index >= 15 is 0 Å². The summed E-state index contributed by atoms with van der Waals surface area (Å²) in [5.74, 6) is -0.782. The molecular formula is C23H28N2O5. The van der Waals surface area contributed by atoms with Gasteiger partial charge in [0.1, 0.15) is 11.7 Å². The van der Waals surface area contributed by atoms with Gasteiger partial charge in [-0.2, -0.15) is 0 Å². The number of nitrogens with zero attached hydrogens (tertiary/aromatic N) is 1. The maximum atomic E-state index is 11.5. The molecule has 3 atom stereocenters. The van der Waals surface area contributed by atoms with E-state index in [0.29, 0.717) is 12.8 Å². The van der Waals surface area contributed by atoms with Gasteiger partial charge in [-0.1, -0.05) is 60.6 Å². The smallest absolute Gasteiger partial charge is 0.246 e. The van der Waals surface area contributed by atoms with Gasteiger partial charge in [0.2, 0.25) is 5.91 Å². The number of rotatable bonds is 8. The van der Waals surface area contributed by atoms with Crippen LogP contribution in [-0.4, -0.2) is 41.8 Å². The number of benzene rings is 2. The largest absolute Gasteiger partial charge is 0.392 e. The molecule has 2 aromatic carbocycles. The third-order valence-corrected chi connectivity index (χ3v) is 5.39. The number of amides is 1. The van der Waals surface area contributed by atoms with Crippen molar-refractivity contribution in [1.29, 1.82) is 0 Å². The minimum Gasteiger partial charge on any atom is -0.392 e. The Balaban J connectivity index is 1.64. The standard InChI is InChI=1S/C23H28N2O5/c1-15(22(26)24-28)12-20-13-21(25-30-20)18-6-4-16(5-7-18)17-8-10-19(11-9-17)23(2,27)14-29-3/h4-11,15,20,27-28H,12-14H2,1-3H3,(H,24,26). The zero-order chi connectivity index (χ0) is 21.7. The lowest BCUT2D eigenvalue weighted by molar-refractivity contribution is -0.134.